The highest BCUT2D eigenvalue weighted by Gasteiger charge is 2.35. The van der Waals surface area contributed by atoms with E-state index in [9.17, 15) is 32.3 Å². The standard InChI is InChI=1S/C30H41F3N4O6S2/c1-16(2)22(37(5)26(39)11-19-8-7-9-19)13-23(43-18(4)38)28-35-21(14-45-28)27(40)34-20(10-17(3)29(41)42-6)12-25-36-24(15-44-25)30(31,32)33/h14-17,19-20,22-23H,7-13H2,1-6H3,(H,34,40)/t17-,20+,22?,23?/m0/s1. The van der Waals surface area contributed by atoms with Gasteiger partial charge in [0.05, 0.1) is 18.0 Å². The van der Waals surface area contributed by atoms with E-state index in [4.69, 9.17) is 9.47 Å². The molecule has 2 aromatic rings. The highest BCUT2D eigenvalue weighted by atomic mass is 32.1. The molecule has 45 heavy (non-hydrogen) atoms. The molecule has 0 radical (unpaired) electrons. The zero-order chi connectivity index (χ0) is 33.5. The number of esters is 2. The average Bonchev–Trinajstić information content (AvgIpc) is 3.62. The summed E-state index contributed by atoms with van der Waals surface area (Å²) in [5, 5.41) is 5.70. The number of nitrogens with zero attached hydrogens (tertiary/aromatic N) is 3. The molecule has 2 aromatic heterocycles. The molecule has 2 heterocycles. The average molecular weight is 675 g/mol. The van der Waals surface area contributed by atoms with E-state index in [2.05, 4.69) is 15.3 Å². The quantitative estimate of drug-likeness (QED) is 0.234. The number of ether oxygens (including phenoxy) is 2. The molecule has 1 aliphatic carbocycles. The van der Waals surface area contributed by atoms with E-state index >= 15 is 0 Å². The monoisotopic (exact) mass is 674 g/mol. The van der Waals surface area contributed by atoms with E-state index in [0.29, 0.717) is 17.3 Å². The summed E-state index contributed by atoms with van der Waals surface area (Å²) in [6.07, 6.45) is -1.38. The fourth-order valence-electron chi connectivity index (χ4n) is 5.23. The number of aromatic nitrogens is 2. The molecule has 3 rings (SSSR count). The number of hydrogen-bond acceptors (Lipinski definition) is 10. The summed E-state index contributed by atoms with van der Waals surface area (Å²) in [6, 6.07) is -1.01. The van der Waals surface area contributed by atoms with Gasteiger partial charge in [0.2, 0.25) is 5.91 Å². The van der Waals surface area contributed by atoms with Gasteiger partial charge in [-0.25, -0.2) is 9.97 Å². The van der Waals surface area contributed by atoms with Crippen LogP contribution in [0.25, 0.3) is 0 Å². The first-order valence-corrected chi connectivity index (χ1v) is 16.6. The zero-order valence-corrected chi connectivity index (χ0v) is 27.9. The Kier molecular flexibility index (Phi) is 12.9. The highest BCUT2D eigenvalue weighted by Crippen LogP contribution is 2.34. The fraction of sp³-hybridized carbons (Fsp3) is 0.667. The van der Waals surface area contributed by atoms with Crippen molar-refractivity contribution in [3.05, 3.63) is 32.2 Å². The Hall–Kier alpha value is -3.07. The van der Waals surface area contributed by atoms with E-state index in [-0.39, 0.29) is 47.8 Å². The molecule has 1 fully saturated rings. The maximum atomic E-state index is 13.3. The molecule has 4 atom stereocenters. The van der Waals surface area contributed by atoms with E-state index < -0.39 is 47.8 Å². The predicted octanol–water partition coefficient (Wildman–Crippen LogP) is 5.83. The second kappa shape index (κ2) is 16.0. The number of halogens is 3. The smallest absolute Gasteiger partial charge is 0.434 e. The summed E-state index contributed by atoms with van der Waals surface area (Å²) < 4.78 is 49.7. The third-order valence-corrected chi connectivity index (χ3v) is 9.79. The number of carbonyl (C=O) groups is 4. The van der Waals surface area contributed by atoms with Gasteiger partial charge >= 0.3 is 18.1 Å². The lowest BCUT2D eigenvalue weighted by atomic mass is 9.82. The Labute approximate surface area is 269 Å². The second-order valence-electron chi connectivity index (χ2n) is 11.9. The summed E-state index contributed by atoms with van der Waals surface area (Å²) in [5.74, 6) is -1.85. The van der Waals surface area contributed by atoms with Gasteiger partial charge in [-0.3, -0.25) is 19.2 Å². The third-order valence-electron chi connectivity index (χ3n) is 7.98. The number of methoxy groups -OCH3 is 1. The summed E-state index contributed by atoms with van der Waals surface area (Å²) >= 11 is 1.94. The SMILES string of the molecule is COC(=O)[C@@H](C)C[C@H](Cc1nc(C(F)(F)F)cs1)NC(=O)c1csc(C(CC(C(C)C)N(C)C(=O)CC2CCC2)OC(C)=O)n1. The maximum absolute atomic E-state index is 13.3. The Bertz CT molecular complexity index is 1330. The molecule has 0 spiro atoms. The lowest BCUT2D eigenvalue weighted by Gasteiger charge is -2.35. The van der Waals surface area contributed by atoms with Crippen molar-refractivity contribution in [2.45, 2.75) is 97.0 Å². The predicted molar refractivity (Wildman–Crippen MR) is 162 cm³/mol. The molecular weight excluding hydrogens is 633 g/mol. The minimum atomic E-state index is -4.60. The molecule has 1 N–H and O–H groups in total. The van der Waals surface area contributed by atoms with Crippen molar-refractivity contribution in [2.24, 2.45) is 17.8 Å². The summed E-state index contributed by atoms with van der Waals surface area (Å²) in [6.45, 7) is 6.84. The van der Waals surface area contributed by atoms with Crippen LogP contribution in [-0.2, 0) is 36.5 Å². The molecule has 2 amide bonds. The van der Waals surface area contributed by atoms with Crippen LogP contribution in [0.3, 0.4) is 0 Å². The van der Waals surface area contributed by atoms with Crippen LogP contribution in [-0.4, -0.2) is 64.9 Å². The Balaban J connectivity index is 1.78. The molecule has 0 aliphatic heterocycles. The highest BCUT2D eigenvalue weighted by molar-refractivity contribution is 7.10. The molecule has 1 aliphatic rings. The topological polar surface area (TPSA) is 128 Å². The van der Waals surface area contributed by atoms with Gasteiger partial charge in [0.25, 0.3) is 5.91 Å². The van der Waals surface area contributed by atoms with E-state index in [0.717, 1.165) is 47.3 Å². The Morgan fingerprint density at radius 1 is 1.09 bits per heavy atom. The summed E-state index contributed by atoms with van der Waals surface area (Å²) in [7, 11) is 2.98. The van der Waals surface area contributed by atoms with Crippen LogP contribution in [0.5, 0.6) is 0 Å². The molecule has 10 nitrogen and oxygen atoms in total. The number of carbonyl (C=O) groups excluding carboxylic acids is 4. The van der Waals surface area contributed by atoms with Gasteiger partial charge in [0, 0.05) is 56.1 Å². The number of alkyl halides is 3. The molecule has 0 saturated heterocycles. The van der Waals surface area contributed by atoms with Gasteiger partial charge in [-0.2, -0.15) is 13.2 Å². The lowest BCUT2D eigenvalue weighted by Crippen LogP contribution is -2.42. The summed E-state index contributed by atoms with van der Waals surface area (Å²) in [5.41, 5.74) is -1.00. The van der Waals surface area contributed by atoms with E-state index in [1.54, 1.807) is 18.9 Å². The summed E-state index contributed by atoms with van der Waals surface area (Å²) in [4.78, 5) is 60.3. The van der Waals surface area contributed by atoms with E-state index in [1.807, 2.05) is 13.8 Å². The van der Waals surface area contributed by atoms with Crippen LogP contribution in [0.4, 0.5) is 13.2 Å². The molecule has 0 bridgehead atoms. The van der Waals surface area contributed by atoms with Gasteiger partial charge in [-0.1, -0.05) is 27.2 Å². The fourth-order valence-corrected chi connectivity index (χ4v) is 6.95. The van der Waals surface area contributed by atoms with E-state index in [1.165, 1.54) is 19.4 Å². The van der Waals surface area contributed by atoms with Crippen molar-refractivity contribution in [2.75, 3.05) is 14.2 Å². The van der Waals surface area contributed by atoms with Crippen molar-refractivity contribution < 1.29 is 41.8 Å². The first-order valence-electron chi connectivity index (χ1n) is 14.9. The van der Waals surface area contributed by atoms with Crippen molar-refractivity contribution in [3.8, 4) is 0 Å². The van der Waals surface area contributed by atoms with Gasteiger partial charge in [0.1, 0.15) is 10.7 Å². The van der Waals surface area contributed by atoms with Crippen LogP contribution in [0.2, 0.25) is 0 Å². The number of hydrogen-bond donors (Lipinski definition) is 1. The van der Waals surface area contributed by atoms with Gasteiger partial charge < -0.3 is 19.7 Å². The molecular formula is C30H41F3N4O6S2. The minimum absolute atomic E-state index is 0.0218. The van der Waals surface area contributed by atoms with Crippen molar-refractivity contribution in [1.82, 2.24) is 20.2 Å². The zero-order valence-electron chi connectivity index (χ0n) is 26.3. The normalized spacial score (nSPS) is 16.3. The third kappa shape index (κ3) is 10.5. The van der Waals surface area contributed by atoms with Crippen LogP contribution in [0.1, 0.15) is 98.5 Å². The van der Waals surface area contributed by atoms with Gasteiger partial charge in [-0.05, 0) is 31.1 Å². The number of rotatable bonds is 15. The van der Waals surface area contributed by atoms with Crippen LogP contribution in [0.15, 0.2) is 10.8 Å². The molecule has 2 unspecified atom stereocenters. The van der Waals surface area contributed by atoms with Crippen LogP contribution in [0, 0.1) is 17.8 Å². The van der Waals surface area contributed by atoms with Gasteiger partial charge in [0.15, 0.2) is 11.8 Å². The van der Waals surface area contributed by atoms with Gasteiger partial charge in [-0.15, -0.1) is 22.7 Å². The van der Waals surface area contributed by atoms with Crippen LogP contribution >= 0.6 is 22.7 Å². The Morgan fingerprint density at radius 2 is 1.78 bits per heavy atom. The van der Waals surface area contributed by atoms with Crippen molar-refractivity contribution in [3.63, 3.8) is 0 Å². The largest absolute Gasteiger partial charge is 0.469 e. The first kappa shape index (κ1) is 36.4. The maximum Gasteiger partial charge on any atom is 0.434 e. The molecule has 15 heteroatoms. The second-order valence-corrected chi connectivity index (χ2v) is 13.7. The van der Waals surface area contributed by atoms with Crippen LogP contribution < -0.4 is 5.32 Å². The first-order chi connectivity index (χ1) is 21.1. The van der Waals surface area contributed by atoms with Crippen molar-refractivity contribution in [1.29, 1.82) is 0 Å². The number of amides is 2. The molecule has 0 aromatic carbocycles. The minimum Gasteiger partial charge on any atom is -0.469 e. The Morgan fingerprint density at radius 3 is 2.31 bits per heavy atom. The molecule has 1 saturated carbocycles. The molecule has 250 valence electrons. The van der Waals surface area contributed by atoms with Crippen molar-refractivity contribution >= 4 is 46.4 Å². The number of nitrogens with one attached hydrogen (secondary N) is 1. The lowest BCUT2D eigenvalue weighted by molar-refractivity contribution is -0.149. The number of thiazole rings is 2.